The van der Waals surface area contributed by atoms with Crippen LogP contribution >= 0.6 is 0 Å². The number of hydrogen-bond acceptors (Lipinski definition) is 7. The molecule has 8 nitrogen and oxygen atoms in total. The highest BCUT2D eigenvalue weighted by molar-refractivity contribution is 5.88. The molecule has 0 unspecified atom stereocenters. The van der Waals surface area contributed by atoms with Gasteiger partial charge in [-0.25, -0.2) is 9.65 Å². The number of ether oxygens (including phenoxy) is 2. The lowest BCUT2D eigenvalue weighted by Gasteiger charge is -2.07. The van der Waals surface area contributed by atoms with Crippen LogP contribution in [-0.4, -0.2) is 17.0 Å². The van der Waals surface area contributed by atoms with Crippen LogP contribution in [0.5, 0.6) is 11.5 Å². The van der Waals surface area contributed by atoms with E-state index in [2.05, 4.69) is 16.5 Å². The van der Waals surface area contributed by atoms with Crippen LogP contribution in [0, 0.1) is 5.82 Å². The topological polar surface area (TPSA) is 111 Å². The third kappa shape index (κ3) is 5.00. The zero-order valence-corrected chi connectivity index (χ0v) is 21.9. The monoisotopic (exact) mass is 563 g/mol. The average Bonchev–Trinajstić information content (AvgIpc) is 3.48. The Bertz CT molecular complexity index is 2080. The molecule has 0 atom stereocenters. The van der Waals surface area contributed by atoms with Gasteiger partial charge < -0.3 is 23.8 Å². The molecule has 0 bridgehead atoms. The number of aromatic nitrogens is 1. The highest BCUT2D eigenvalue weighted by atomic mass is 19.1. The molecule has 0 radical (unpaired) electrons. The lowest BCUT2D eigenvalue weighted by atomic mass is 10.1. The predicted octanol–water partition coefficient (Wildman–Crippen LogP) is 6.98. The number of rotatable bonds is 4. The van der Waals surface area contributed by atoms with Gasteiger partial charge >= 0.3 is 0 Å². The van der Waals surface area contributed by atoms with E-state index in [1.165, 1.54) is 18.2 Å². The first-order valence-electron chi connectivity index (χ1n) is 12.8. The Morgan fingerprint density at radius 2 is 1.55 bits per heavy atom. The molecule has 0 fully saturated rings. The van der Waals surface area contributed by atoms with Crippen LogP contribution in [0.15, 0.2) is 118 Å². The molecule has 1 aliphatic rings. The van der Waals surface area contributed by atoms with Crippen LogP contribution in [0.4, 0.5) is 4.39 Å². The van der Waals surface area contributed by atoms with E-state index in [4.69, 9.17) is 19.1 Å². The third-order valence-corrected chi connectivity index (χ3v) is 6.71. The molecular weight excluding hydrogens is 541 g/mol. The van der Waals surface area contributed by atoms with Crippen LogP contribution in [0.3, 0.4) is 0 Å². The second kappa shape index (κ2) is 11.1. The summed E-state index contributed by atoms with van der Waals surface area (Å²) in [6.07, 6.45) is 0. The molecule has 2 aromatic heterocycles. The maximum absolute atomic E-state index is 13.9. The molecule has 9 heteroatoms. The Hall–Kier alpha value is -5.67. The van der Waals surface area contributed by atoms with Gasteiger partial charge in [-0.2, -0.15) is 0 Å². The van der Waals surface area contributed by atoms with Gasteiger partial charge in [-0.3, -0.25) is 9.59 Å². The summed E-state index contributed by atoms with van der Waals surface area (Å²) >= 11 is 0. The van der Waals surface area contributed by atoms with Crippen LogP contribution < -0.4 is 20.3 Å². The maximum atomic E-state index is 13.9. The summed E-state index contributed by atoms with van der Waals surface area (Å²) in [4.78, 5) is 31.7. The lowest BCUT2D eigenvalue weighted by molar-refractivity contribution is -0.169. The minimum atomic E-state index is -0.381. The van der Waals surface area contributed by atoms with Gasteiger partial charge in [0.1, 0.15) is 17.2 Å². The van der Waals surface area contributed by atoms with Crippen LogP contribution in [0.2, 0.25) is 0 Å². The average molecular weight is 564 g/mol. The molecule has 0 saturated heterocycles. The van der Waals surface area contributed by atoms with Crippen molar-refractivity contribution in [2.24, 2.45) is 0 Å². The molecule has 6 aromatic rings. The number of pyridine rings is 1. The normalized spacial score (nSPS) is 11.7. The van der Waals surface area contributed by atoms with E-state index in [-0.39, 0.29) is 29.2 Å². The van der Waals surface area contributed by atoms with E-state index in [0.29, 0.717) is 56.0 Å². The van der Waals surface area contributed by atoms with Crippen molar-refractivity contribution in [3.8, 4) is 34.1 Å². The first-order chi connectivity index (χ1) is 20.4. The summed E-state index contributed by atoms with van der Waals surface area (Å²) in [5.74, 6) is 1.21. The number of nitrogens with one attached hydrogen (secondary N) is 1. The van der Waals surface area contributed by atoms with Gasteiger partial charge in [-0.1, -0.05) is 55.1 Å². The lowest BCUT2D eigenvalue weighted by Crippen LogP contribution is -2.03. The van der Waals surface area contributed by atoms with Crippen molar-refractivity contribution in [2.45, 2.75) is 0 Å². The summed E-state index contributed by atoms with van der Waals surface area (Å²) in [5.41, 5.74) is 2.58. The van der Waals surface area contributed by atoms with Gasteiger partial charge in [0.05, 0.1) is 22.2 Å². The van der Waals surface area contributed by atoms with E-state index in [0.717, 1.165) is 5.56 Å². The molecule has 42 heavy (non-hydrogen) atoms. The fraction of sp³-hybridized carbons (Fsp3) is 0.0303. The maximum Gasteiger partial charge on any atom is 0.231 e. The fourth-order valence-corrected chi connectivity index (χ4v) is 4.65. The van der Waals surface area contributed by atoms with E-state index in [9.17, 15) is 14.0 Å². The van der Waals surface area contributed by atoms with Crippen molar-refractivity contribution in [1.82, 2.24) is 4.98 Å². The van der Waals surface area contributed by atoms with Gasteiger partial charge in [0.25, 0.3) is 0 Å². The molecule has 0 amide bonds. The standard InChI is InChI=1S/C17H12O4.C16H10FNO3/c1-11(21-19)13-8-5-9-14-15(18)10-16(20-17(13)14)12-6-3-2-4-7-12;17-11-4-2-1-3-9(11)12-6-14(19)10-5-15-16(21-8-20-15)7-13(10)18-12/h2-10,19H,1H2;1-7H,8H2,(H,18,19). The van der Waals surface area contributed by atoms with Crippen LogP contribution in [0.1, 0.15) is 5.56 Å². The van der Waals surface area contributed by atoms with Gasteiger partial charge in [0, 0.05) is 34.7 Å². The largest absolute Gasteiger partial charge is 0.455 e. The molecule has 2 N–H and O–H groups in total. The number of benzene rings is 4. The second-order valence-electron chi connectivity index (χ2n) is 9.32. The number of H-pyrrole nitrogens is 1. The van der Waals surface area contributed by atoms with E-state index < -0.39 is 0 Å². The SMILES string of the molecule is C=C(OO)c1cccc2c(=O)cc(-c3ccccc3)oc12.O=c1cc(-c2ccccc2F)[nH]c2cc3c(cc12)OCO3. The van der Waals surface area contributed by atoms with Crippen molar-refractivity contribution in [2.75, 3.05) is 6.79 Å². The molecular formula is C33H22FNO7. The first kappa shape index (κ1) is 26.5. The Morgan fingerprint density at radius 1 is 0.833 bits per heavy atom. The number of halogens is 1. The Kier molecular flexibility index (Phi) is 7.00. The molecule has 0 saturated carbocycles. The predicted molar refractivity (Wildman–Crippen MR) is 157 cm³/mol. The van der Waals surface area contributed by atoms with Crippen molar-refractivity contribution < 1.29 is 28.4 Å². The number of para-hydroxylation sites is 1. The highest BCUT2D eigenvalue weighted by Crippen LogP contribution is 2.35. The first-order valence-corrected chi connectivity index (χ1v) is 12.8. The molecule has 0 aliphatic carbocycles. The summed E-state index contributed by atoms with van der Waals surface area (Å²) in [7, 11) is 0. The smallest absolute Gasteiger partial charge is 0.231 e. The molecule has 4 aromatic carbocycles. The van der Waals surface area contributed by atoms with Gasteiger partial charge in [-0.15, -0.1) is 0 Å². The quantitative estimate of drug-likeness (QED) is 0.135. The molecule has 208 valence electrons. The molecule has 0 spiro atoms. The second-order valence-corrected chi connectivity index (χ2v) is 9.32. The van der Waals surface area contributed by atoms with Crippen molar-refractivity contribution in [1.29, 1.82) is 0 Å². The Morgan fingerprint density at radius 3 is 2.31 bits per heavy atom. The van der Waals surface area contributed by atoms with Crippen molar-refractivity contribution in [3.63, 3.8) is 0 Å². The molecule has 7 rings (SSSR count). The Balaban J connectivity index is 0.000000150. The molecule has 3 heterocycles. The number of hydrogen-bond donors (Lipinski definition) is 2. The summed E-state index contributed by atoms with van der Waals surface area (Å²) < 4.78 is 30.2. The Labute approximate surface area is 237 Å². The zero-order valence-electron chi connectivity index (χ0n) is 21.9. The number of aromatic amines is 1. The highest BCUT2D eigenvalue weighted by Gasteiger charge is 2.17. The molecule has 1 aliphatic heterocycles. The van der Waals surface area contributed by atoms with Gasteiger partial charge in [0.2, 0.25) is 6.79 Å². The van der Waals surface area contributed by atoms with Gasteiger partial charge in [0.15, 0.2) is 28.1 Å². The van der Waals surface area contributed by atoms with Crippen molar-refractivity contribution >= 4 is 27.6 Å². The van der Waals surface area contributed by atoms with Crippen LogP contribution in [-0.2, 0) is 4.89 Å². The number of fused-ring (bicyclic) bond motifs is 3. The van der Waals surface area contributed by atoms with Gasteiger partial charge in [-0.05, 0) is 30.3 Å². The van der Waals surface area contributed by atoms with E-state index >= 15 is 0 Å². The van der Waals surface area contributed by atoms with Crippen LogP contribution in [0.25, 0.3) is 50.2 Å². The summed E-state index contributed by atoms with van der Waals surface area (Å²) in [6.45, 7) is 3.73. The fourth-order valence-electron chi connectivity index (χ4n) is 4.65. The van der Waals surface area contributed by atoms with E-state index in [1.807, 2.05) is 30.3 Å². The zero-order chi connectivity index (χ0) is 29.2. The van der Waals surface area contributed by atoms with E-state index in [1.54, 1.807) is 48.5 Å². The minimum Gasteiger partial charge on any atom is -0.455 e. The summed E-state index contributed by atoms with van der Waals surface area (Å²) in [5, 5.41) is 9.68. The van der Waals surface area contributed by atoms with Crippen molar-refractivity contribution in [3.05, 3.63) is 135 Å². The minimum absolute atomic E-state index is 0.0222. The summed E-state index contributed by atoms with van der Waals surface area (Å²) in [6, 6.07) is 26.8. The third-order valence-electron chi connectivity index (χ3n) is 6.71.